The fraction of sp³-hybridized carbons (Fsp3) is 0.0476. The summed E-state index contributed by atoms with van der Waals surface area (Å²) in [5.74, 6) is -2.21. The molecule has 3 aromatic rings. The third-order valence-corrected chi connectivity index (χ3v) is 4.86. The van der Waals surface area contributed by atoms with Crippen LogP contribution >= 0.6 is 0 Å². The SMILES string of the molecule is O=C1C(C2C(=O)c3cccc4cccc(c34)C2=O)=Nc2ccccc21. The lowest BCUT2D eigenvalue weighted by atomic mass is 9.77. The average molecular weight is 325 g/mol. The Kier molecular flexibility index (Phi) is 2.69. The number of ketones is 3. The molecular formula is C21H11NO3. The largest absolute Gasteiger partial charge is 0.293 e. The van der Waals surface area contributed by atoms with Crippen LogP contribution in [0, 0.1) is 5.92 Å². The van der Waals surface area contributed by atoms with E-state index in [1.54, 1.807) is 48.5 Å². The molecule has 5 rings (SSSR count). The van der Waals surface area contributed by atoms with Gasteiger partial charge in [0.2, 0.25) is 5.78 Å². The molecule has 25 heavy (non-hydrogen) atoms. The van der Waals surface area contributed by atoms with Crippen LogP contribution in [0.15, 0.2) is 65.7 Å². The molecule has 0 bridgehead atoms. The molecule has 0 fully saturated rings. The molecule has 0 saturated carbocycles. The standard InChI is InChI=1S/C21H11NO3/c23-19-13-8-3-5-11-6-4-9-14(16(11)13)20(24)17(19)18-21(25)12-7-1-2-10-15(12)22-18/h1-10,17H. The fourth-order valence-electron chi connectivity index (χ4n) is 3.71. The number of para-hydroxylation sites is 1. The van der Waals surface area contributed by atoms with Crippen molar-refractivity contribution in [2.75, 3.05) is 0 Å². The van der Waals surface area contributed by atoms with Crippen LogP contribution in [0.25, 0.3) is 10.8 Å². The molecule has 0 unspecified atom stereocenters. The molecule has 1 heterocycles. The monoisotopic (exact) mass is 325 g/mol. The first kappa shape index (κ1) is 14.0. The van der Waals surface area contributed by atoms with Crippen molar-refractivity contribution in [3.8, 4) is 0 Å². The van der Waals surface area contributed by atoms with Crippen molar-refractivity contribution in [2.45, 2.75) is 0 Å². The van der Waals surface area contributed by atoms with Crippen LogP contribution in [-0.4, -0.2) is 23.1 Å². The molecule has 0 aromatic heterocycles. The summed E-state index contributed by atoms with van der Waals surface area (Å²) in [6, 6.07) is 17.6. The van der Waals surface area contributed by atoms with Gasteiger partial charge in [-0.05, 0) is 17.5 Å². The molecule has 0 amide bonds. The smallest absolute Gasteiger partial charge is 0.210 e. The van der Waals surface area contributed by atoms with E-state index in [0.717, 1.165) is 5.39 Å². The van der Waals surface area contributed by atoms with Gasteiger partial charge in [0.1, 0.15) is 11.6 Å². The number of aliphatic imine (C=N–C) groups is 1. The maximum absolute atomic E-state index is 13.0. The summed E-state index contributed by atoms with van der Waals surface area (Å²) in [6.07, 6.45) is 0. The first-order chi connectivity index (χ1) is 12.2. The van der Waals surface area contributed by atoms with E-state index in [9.17, 15) is 14.4 Å². The number of benzene rings is 3. The lowest BCUT2D eigenvalue weighted by Gasteiger charge is -2.22. The summed E-state index contributed by atoms with van der Waals surface area (Å²) in [7, 11) is 0. The molecule has 3 aromatic carbocycles. The van der Waals surface area contributed by atoms with Gasteiger partial charge in [0.15, 0.2) is 11.6 Å². The van der Waals surface area contributed by atoms with Crippen molar-refractivity contribution < 1.29 is 14.4 Å². The zero-order valence-electron chi connectivity index (χ0n) is 13.0. The van der Waals surface area contributed by atoms with Gasteiger partial charge >= 0.3 is 0 Å². The van der Waals surface area contributed by atoms with E-state index in [4.69, 9.17) is 0 Å². The first-order valence-corrected chi connectivity index (χ1v) is 7.99. The van der Waals surface area contributed by atoms with E-state index in [-0.39, 0.29) is 23.1 Å². The highest BCUT2D eigenvalue weighted by Gasteiger charge is 2.43. The zero-order valence-corrected chi connectivity index (χ0v) is 13.0. The Hall–Kier alpha value is -3.40. The quantitative estimate of drug-likeness (QED) is 0.639. The number of carbonyl (C=O) groups excluding carboxylic acids is 3. The van der Waals surface area contributed by atoms with Crippen molar-refractivity contribution in [3.63, 3.8) is 0 Å². The van der Waals surface area contributed by atoms with Crippen LogP contribution in [0.3, 0.4) is 0 Å². The van der Waals surface area contributed by atoms with Crippen LogP contribution in [-0.2, 0) is 0 Å². The topological polar surface area (TPSA) is 63.6 Å². The highest BCUT2D eigenvalue weighted by atomic mass is 16.2. The summed E-state index contributed by atoms with van der Waals surface area (Å²) in [5, 5.41) is 1.51. The second-order valence-corrected chi connectivity index (χ2v) is 6.21. The van der Waals surface area contributed by atoms with Crippen molar-refractivity contribution >= 4 is 39.5 Å². The zero-order chi connectivity index (χ0) is 17.1. The highest BCUT2D eigenvalue weighted by Crippen LogP contribution is 2.36. The minimum absolute atomic E-state index is 0.0303. The Balaban J connectivity index is 1.72. The van der Waals surface area contributed by atoms with Crippen LogP contribution in [0.2, 0.25) is 0 Å². The second kappa shape index (κ2) is 4.80. The first-order valence-electron chi connectivity index (χ1n) is 7.99. The Bertz CT molecular complexity index is 1110. The van der Waals surface area contributed by atoms with Crippen LogP contribution in [0.4, 0.5) is 5.69 Å². The van der Waals surface area contributed by atoms with Gasteiger partial charge in [-0.15, -0.1) is 0 Å². The Labute approximate surface area is 142 Å². The van der Waals surface area contributed by atoms with Crippen LogP contribution < -0.4 is 0 Å². The minimum Gasteiger partial charge on any atom is -0.293 e. The number of nitrogens with zero attached hydrogens (tertiary/aromatic N) is 1. The summed E-state index contributed by atoms with van der Waals surface area (Å²) in [6.45, 7) is 0. The predicted octanol–water partition coefficient (Wildman–Crippen LogP) is 3.80. The van der Waals surface area contributed by atoms with Gasteiger partial charge in [0.05, 0.1) is 5.69 Å². The number of hydrogen-bond acceptors (Lipinski definition) is 4. The summed E-state index contributed by atoms with van der Waals surface area (Å²) < 4.78 is 0. The summed E-state index contributed by atoms with van der Waals surface area (Å²) in [4.78, 5) is 43.1. The molecule has 0 atom stereocenters. The van der Waals surface area contributed by atoms with Crippen molar-refractivity contribution in [1.82, 2.24) is 0 Å². The van der Waals surface area contributed by atoms with Crippen molar-refractivity contribution in [3.05, 3.63) is 77.4 Å². The predicted molar refractivity (Wildman–Crippen MR) is 94.0 cm³/mol. The van der Waals surface area contributed by atoms with E-state index in [0.29, 0.717) is 27.8 Å². The lowest BCUT2D eigenvalue weighted by Crippen LogP contribution is -2.38. The minimum atomic E-state index is -1.17. The maximum Gasteiger partial charge on any atom is 0.210 e. The normalized spacial score (nSPS) is 16.3. The van der Waals surface area contributed by atoms with Gasteiger partial charge in [-0.25, -0.2) is 4.99 Å². The van der Waals surface area contributed by atoms with E-state index in [1.807, 2.05) is 12.1 Å². The lowest BCUT2D eigenvalue weighted by molar-refractivity contribution is 0.0838. The third-order valence-electron chi connectivity index (χ3n) is 4.86. The van der Waals surface area contributed by atoms with E-state index in [1.165, 1.54) is 0 Å². The molecule has 0 spiro atoms. The second-order valence-electron chi connectivity index (χ2n) is 6.21. The number of fused-ring (bicyclic) bond motifs is 1. The van der Waals surface area contributed by atoms with Gasteiger partial charge in [-0.2, -0.15) is 0 Å². The van der Waals surface area contributed by atoms with Gasteiger partial charge in [0.25, 0.3) is 0 Å². The maximum atomic E-state index is 13.0. The van der Waals surface area contributed by atoms with Crippen LogP contribution in [0.1, 0.15) is 31.1 Å². The summed E-state index contributed by atoms with van der Waals surface area (Å²) in [5.41, 5.74) is 1.94. The summed E-state index contributed by atoms with van der Waals surface area (Å²) >= 11 is 0. The Morgan fingerprint density at radius 3 is 1.92 bits per heavy atom. The molecule has 0 radical (unpaired) electrons. The molecule has 4 heteroatoms. The fourth-order valence-corrected chi connectivity index (χ4v) is 3.71. The van der Waals surface area contributed by atoms with Crippen molar-refractivity contribution in [1.29, 1.82) is 0 Å². The highest BCUT2D eigenvalue weighted by molar-refractivity contribution is 6.58. The number of rotatable bonds is 1. The molecule has 4 nitrogen and oxygen atoms in total. The number of hydrogen-bond donors (Lipinski definition) is 0. The van der Waals surface area contributed by atoms with Crippen molar-refractivity contribution in [2.24, 2.45) is 10.9 Å². The third kappa shape index (κ3) is 1.76. The Morgan fingerprint density at radius 2 is 1.28 bits per heavy atom. The Morgan fingerprint density at radius 1 is 0.680 bits per heavy atom. The number of carbonyl (C=O) groups is 3. The van der Waals surface area contributed by atoms with E-state index in [2.05, 4.69) is 4.99 Å². The molecule has 1 aliphatic heterocycles. The average Bonchev–Trinajstić information content (AvgIpc) is 2.97. The van der Waals surface area contributed by atoms with Gasteiger partial charge < -0.3 is 0 Å². The van der Waals surface area contributed by atoms with E-state index < -0.39 is 5.92 Å². The van der Waals surface area contributed by atoms with Gasteiger partial charge in [0, 0.05) is 22.1 Å². The number of Topliss-reactive ketones (excluding diaryl/α,β-unsaturated/α-hetero) is 3. The van der Waals surface area contributed by atoms with Gasteiger partial charge in [-0.1, -0.05) is 48.5 Å². The molecule has 1 aliphatic carbocycles. The van der Waals surface area contributed by atoms with E-state index >= 15 is 0 Å². The molecule has 118 valence electrons. The molecule has 0 N–H and O–H groups in total. The molecule has 2 aliphatic rings. The van der Waals surface area contributed by atoms with Crippen LogP contribution in [0.5, 0.6) is 0 Å². The molecule has 0 saturated heterocycles. The molecular weight excluding hydrogens is 314 g/mol. The van der Waals surface area contributed by atoms with Gasteiger partial charge in [-0.3, -0.25) is 14.4 Å².